The molecule has 1 aromatic carbocycles. The summed E-state index contributed by atoms with van der Waals surface area (Å²) in [6.07, 6.45) is 10.0. The van der Waals surface area contributed by atoms with Gasteiger partial charge >= 0.3 is 0 Å². The molecule has 4 fully saturated rings. The van der Waals surface area contributed by atoms with Crippen molar-refractivity contribution in [2.24, 2.45) is 23.2 Å². The third-order valence-corrected chi connectivity index (χ3v) is 6.55. The van der Waals surface area contributed by atoms with Crippen LogP contribution in [0.15, 0.2) is 24.3 Å². The van der Waals surface area contributed by atoms with Crippen molar-refractivity contribution >= 4 is 5.91 Å². The fourth-order valence-electron chi connectivity index (χ4n) is 6.01. The molecule has 4 saturated carbocycles. The zero-order valence-corrected chi connectivity index (χ0v) is 14.3. The first-order valence-electron chi connectivity index (χ1n) is 9.42. The lowest BCUT2D eigenvalue weighted by Crippen LogP contribution is -2.51. The number of benzene rings is 1. The largest absolute Gasteiger partial charge is 0.356 e. The zero-order valence-electron chi connectivity index (χ0n) is 14.3. The fraction of sp³-hybridized carbons (Fsp3) is 0.667. The first kappa shape index (κ1) is 15.2. The number of aryl methyl sites for hydroxylation is 2. The summed E-state index contributed by atoms with van der Waals surface area (Å²) in [5, 5.41) is 3.29. The monoisotopic (exact) mass is 311 g/mol. The van der Waals surface area contributed by atoms with Crippen LogP contribution in [0.25, 0.3) is 0 Å². The molecule has 0 atom stereocenters. The van der Waals surface area contributed by atoms with Crippen LogP contribution < -0.4 is 5.32 Å². The van der Waals surface area contributed by atoms with E-state index in [4.69, 9.17) is 0 Å². The van der Waals surface area contributed by atoms with Crippen LogP contribution in [0, 0.1) is 30.1 Å². The van der Waals surface area contributed by atoms with Gasteiger partial charge in [0.05, 0.1) is 0 Å². The Labute approximate surface area is 140 Å². The summed E-state index contributed by atoms with van der Waals surface area (Å²) >= 11 is 0. The highest BCUT2D eigenvalue weighted by molar-refractivity contribution is 5.76. The lowest BCUT2D eigenvalue weighted by atomic mass is 9.49. The average Bonchev–Trinajstić information content (AvgIpc) is 2.50. The van der Waals surface area contributed by atoms with E-state index in [2.05, 4.69) is 36.5 Å². The first-order valence-corrected chi connectivity index (χ1v) is 9.42. The van der Waals surface area contributed by atoms with E-state index in [9.17, 15) is 4.79 Å². The molecular formula is C21H29NO. The normalized spacial score (nSPS) is 34.6. The molecule has 4 bridgehead atoms. The van der Waals surface area contributed by atoms with Crippen molar-refractivity contribution in [3.63, 3.8) is 0 Å². The Balaban J connectivity index is 1.28. The topological polar surface area (TPSA) is 29.1 Å². The van der Waals surface area contributed by atoms with E-state index in [0.29, 0.717) is 11.8 Å². The molecule has 0 heterocycles. The molecule has 0 aliphatic heterocycles. The standard InChI is InChI=1S/C21H29NO/c1-15-3-2-4-16(7-15)5-6-20(23)22-14-21-11-17-8-18(12-21)10-19(9-17)13-21/h2-4,7,17-19H,5-6,8-14H2,1H3,(H,22,23). The van der Waals surface area contributed by atoms with Crippen molar-refractivity contribution in [2.45, 2.75) is 58.3 Å². The number of carbonyl (C=O) groups is 1. The van der Waals surface area contributed by atoms with E-state index in [-0.39, 0.29) is 5.91 Å². The van der Waals surface area contributed by atoms with Crippen LogP contribution in [0.4, 0.5) is 0 Å². The summed E-state index contributed by atoms with van der Waals surface area (Å²) in [7, 11) is 0. The van der Waals surface area contributed by atoms with Gasteiger partial charge in [-0.25, -0.2) is 0 Å². The molecule has 2 heteroatoms. The van der Waals surface area contributed by atoms with Crippen molar-refractivity contribution in [3.8, 4) is 0 Å². The highest BCUT2D eigenvalue weighted by Crippen LogP contribution is 2.59. The van der Waals surface area contributed by atoms with Crippen molar-refractivity contribution < 1.29 is 4.79 Å². The second-order valence-electron chi connectivity index (χ2n) is 8.68. The molecule has 0 unspecified atom stereocenters. The molecule has 5 rings (SSSR count). The summed E-state index contributed by atoms with van der Waals surface area (Å²) in [6, 6.07) is 8.50. The molecule has 4 aliphatic rings. The minimum Gasteiger partial charge on any atom is -0.356 e. The number of hydrogen-bond donors (Lipinski definition) is 1. The molecule has 0 radical (unpaired) electrons. The van der Waals surface area contributed by atoms with Gasteiger partial charge in [0, 0.05) is 13.0 Å². The Morgan fingerprint density at radius 3 is 2.39 bits per heavy atom. The third kappa shape index (κ3) is 3.32. The molecule has 0 spiro atoms. The van der Waals surface area contributed by atoms with Gasteiger partial charge in [0.1, 0.15) is 0 Å². The van der Waals surface area contributed by atoms with E-state index in [1.54, 1.807) is 0 Å². The Bertz CT molecular complexity index is 556. The maximum atomic E-state index is 12.3. The third-order valence-electron chi connectivity index (χ3n) is 6.55. The molecule has 2 nitrogen and oxygen atoms in total. The van der Waals surface area contributed by atoms with Crippen LogP contribution in [-0.4, -0.2) is 12.5 Å². The van der Waals surface area contributed by atoms with Crippen molar-refractivity contribution in [1.82, 2.24) is 5.32 Å². The smallest absolute Gasteiger partial charge is 0.220 e. The quantitative estimate of drug-likeness (QED) is 0.865. The van der Waals surface area contributed by atoms with Gasteiger partial charge in [0.15, 0.2) is 0 Å². The molecule has 23 heavy (non-hydrogen) atoms. The zero-order chi connectivity index (χ0) is 15.9. The van der Waals surface area contributed by atoms with Gasteiger partial charge < -0.3 is 5.32 Å². The lowest BCUT2D eigenvalue weighted by molar-refractivity contribution is -0.123. The number of nitrogens with one attached hydrogen (secondary N) is 1. The molecule has 4 aliphatic carbocycles. The molecule has 1 amide bonds. The second kappa shape index (κ2) is 5.96. The van der Waals surface area contributed by atoms with E-state index in [1.807, 2.05) is 0 Å². The average molecular weight is 311 g/mol. The molecule has 0 aromatic heterocycles. The van der Waals surface area contributed by atoms with Gasteiger partial charge in [-0.2, -0.15) is 0 Å². The van der Waals surface area contributed by atoms with E-state index in [1.165, 1.54) is 49.7 Å². The number of carbonyl (C=O) groups excluding carboxylic acids is 1. The Morgan fingerprint density at radius 2 is 1.78 bits per heavy atom. The van der Waals surface area contributed by atoms with Crippen LogP contribution in [-0.2, 0) is 11.2 Å². The highest BCUT2D eigenvalue weighted by atomic mass is 16.1. The number of rotatable bonds is 5. The van der Waals surface area contributed by atoms with Crippen molar-refractivity contribution in [1.29, 1.82) is 0 Å². The van der Waals surface area contributed by atoms with Crippen LogP contribution in [0.3, 0.4) is 0 Å². The van der Waals surface area contributed by atoms with E-state index in [0.717, 1.165) is 30.7 Å². The molecule has 1 N–H and O–H groups in total. The van der Waals surface area contributed by atoms with Gasteiger partial charge in [0.25, 0.3) is 0 Å². The Hall–Kier alpha value is -1.31. The van der Waals surface area contributed by atoms with Crippen LogP contribution in [0.5, 0.6) is 0 Å². The van der Waals surface area contributed by atoms with Gasteiger partial charge in [-0.3, -0.25) is 4.79 Å². The summed E-state index contributed by atoms with van der Waals surface area (Å²) in [5.74, 6) is 3.13. The first-order chi connectivity index (χ1) is 11.1. The minimum absolute atomic E-state index is 0.238. The number of hydrogen-bond acceptors (Lipinski definition) is 1. The van der Waals surface area contributed by atoms with Gasteiger partial charge in [0.2, 0.25) is 5.91 Å². The second-order valence-corrected chi connectivity index (χ2v) is 8.68. The van der Waals surface area contributed by atoms with E-state index < -0.39 is 0 Å². The lowest BCUT2D eigenvalue weighted by Gasteiger charge is -2.56. The van der Waals surface area contributed by atoms with Crippen molar-refractivity contribution in [3.05, 3.63) is 35.4 Å². The summed E-state index contributed by atoms with van der Waals surface area (Å²) in [5.41, 5.74) is 3.00. The fourth-order valence-corrected chi connectivity index (χ4v) is 6.01. The van der Waals surface area contributed by atoms with Gasteiger partial charge in [-0.05, 0) is 80.6 Å². The predicted molar refractivity (Wildman–Crippen MR) is 93.1 cm³/mol. The summed E-state index contributed by atoms with van der Waals surface area (Å²) in [6.45, 7) is 3.04. The SMILES string of the molecule is Cc1cccc(CCC(=O)NCC23CC4CC(CC(C4)C2)C3)c1. The maximum absolute atomic E-state index is 12.3. The molecule has 124 valence electrons. The maximum Gasteiger partial charge on any atom is 0.220 e. The number of amides is 1. The Morgan fingerprint density at radius 1 is 1.13 bits per heavy atom. The highest BCUT2D eigenvalue weighted by Gasteiger charge is 2.50. The Kier molecular flexibility index (Phi) is 3.95. The van der Waals surface area contributed by atoms with Crippen LogP contribution in [0.2, 0.25) is 0 Å². The minimum atomic E-state index is 0.238. The molecule has 0 saturated heterocycles. The van der Waals surface area contributed by atoms with Gasteiger partial charge in [-0.1, -0.05) is 29.8 Å². The molecular weight excluding hydrogens is 282 g/mol. The van der Waals surface area contributed by atoms with Crippen LogP contribution in [0.1, 0.15) is 56.1 Å². The molecule has 1 aromatic rings. The summed E-state index contributed by atoms with van der Waals surface area (Å²) in [4.78, 5) is 12.3. The van der Waals surface area contributed by atoms with Crippen LogP contribution >= 0.6 is 0 Å². The van der Waals surface area contributed by atoms with E-state index >= 15 is 0 Å². The van der Waals surface area contributed by atoms with Gasteiger partial charge in [-0.15, -0.1) is 0 Å². The van der Waals surface area contributed by atoms with Crippen molar-refractivity contribution in [2.75, 3.05) is 6.54 Å². The summed E-state index contributed by atoms with van der Waals surface area (Å²) < 4.78 is 0. The predicted octanol–water partition coefficient (Wildman–Crippen LogP) is 4.26.